The van der Waals surface area contributed by atoms with Crippen molar-refractivity contribution >= 4 is 73.7 Å². The minimum atomic E-state index is -4.40. The van der Waals surface area contributed by atoms with Gasteiger partial charge >= 0.3 is 0 Å². The van der Waals surface area contributed by atoms with Gasteiger partial charge in [0.05, 0.1) is 5.52 Å². The lowest BCUT2D eigenvalue weighted by molar-refractivity contribution is 0.259. The van der Waals surface area contributed by atoms with Gasteiger partial charge in [0, 0.05) is 44.4 Å². The molecule has 0 radical (unpaired) electrons. The van der Waals surface area contributed by atoms with Crippen molar-refractivity contribution in [2.24, 2.45) is 0 Å². The van der Waals surface area contributed by atoms with Crippen LogP contribution in [0.2, 0.25) is 5.02 Å². The van der Waals surface area contributed by atoms with E-state index in [1.165, 1.54) is 6.07 Å². The predicted molar refractivity (Wildman–Crippen MR) is 131 cm³/mol. The number of likely N-dealkylation sites (N-methyl/N-ethyl adjacent to an activating group) is 1. The van der Waals surface area contributed by atoms with E-state index in [0.29, 0.717) is 52.4 Å². The summed E-state index contributed by atoms with van der Waals surface area (Å²) >= 11 is 7.17. The number of rotatable bonds is 3. The molecule has 1 aliphatic rings. The van der Waals surface area contributed by atoms with Gasteiger partial charge in [0.2, 0.25) is 0 Å². The molecule has 174 valence electrons. The Morgan fingerprint density at radius 2 is 1.82 bits per heavy atom. The number of aryl methyl sites for hydroxylation is 1. The second-order valence-electron chi connectivity index (χ2n) is 7.91. The van der Waals surface area contributed by atoms with Crippen molar-refractivity contribution in [2.75, 3.05) is 20.2 Å². The van der Waals surface area contributed by atoms with Crippen molar-refractivity contribution in [1.29, 1.82) is 0 Å². The van der Waals surface area contributed by atoms with Crippen molar-refractivity contribution in [2.45, 2.75) is 22.7 Å². The van der Waals surface area contributed by atoms with E-state index in [0.717, 1.165) is 20.0 Å². The molecule has 4 aromatic rings. The maximum absolute atomic E-state index is 13.9. The molecular formula is C21H18Cl2N2O5S3. The van der Waals surface area contributed by atoms with Crippen molar-refractivity contribution < 1.29 is 21.6 Å². The Balaban J connectivity index is 1.85. The zero-order valence-corrected chi connectivity index (χ0v) is 21.5. The highest BCUT2D eigenvalue weighted by Gasteiger charge is 2.33. The van der Waals surface area contributed by atoms with E-state index in [-0.39, 0.29) is 9.73 Å². The van der Waals surface area contributed by atoms with E-state index < -0.39 is 24.1 Å². The molecule has 0 N–H and O–H groups in total. The van der Waals surface area contributed by atoms with E-state index >= 15 is 0 Å². The third-order valence-electron chi connectivity index (χ3n) is 5.72. The number of thiophene rings is 1. The van der Waals surface area contributed by atoms with Gasteiger partial charge in [-0.1, -0.05) is 11.6 Å². The molecule has 0 saturated heterocycles. The maximum atomic E-state index is 13.9. The first kappa shape index (κ1) is 22.9. The van der Waals surface area contributed by atoms with Gasteiger partial charge in [-0.25, -0.2) is 12.4 Å². The smallest absolute Gasteiger partial charge is 0.279 e. The Morgan fingerprint density at radius 1 is 1.06 bits per heavy atom. The number of benzene rings is 2. The third-order valence-corrected chi connectivity index (χ3v) is 10.9. The molecule has 0 aliphatic carbocycles. The zero-order valence-electron chi connectivity index (χ0n) is 17.5. The molecule has 0 bridgehead atoms. The lowest BCUT2D eigenvalue weighted by Gasteiger charge is -2.13. The van der Waals surface area contributed by atoms with Gasteiger partial charge in [-0.05, 0) is 61.3 Å². The number of hydrogen-bond donors (Lipinski definition) is 0. The Kier molecular flexibility index (Phi) is 5.47. The summed E-state index contributed by atoms with van der Waals surface area (Å²) < 4.78 is 60.3. The standard InChI is InChI=1S/C21H18Cl2N2O5S3/c1-12-14-9-13(22)3-6-19(14)31-21(12)33(28,29)25-17-4-5-18-16(11-24(2)7-8-30-18)15(17)10-20(25)32(23,26)27/h3-6,9-10H,7-8,11H2,1-2H3. The largest absolute Gasteiger partial charge is 0.492 e. The molecule has 33 heavy (non-hydrogen) atoms. The average Bonchev–Trinajstić information content (AvgIpc) is 3.22. The molecule has 7 nitrogen and oxygen atoms in total. The van der Waals surface area contributed by atoms with Gasteiger partial charge in [0.15, 0.2) is 5.03 Å². The number of fused-ring (bicyclic) bond motifs is 4. The van der Waals surface area contributed by atoms with Crippen LogP contribution >= 0.6 is 33.6 Å². The number of aromatic nitrogens is 1. The molecule has 0 atom stereocenters. The highest BCUT2D eigenvalue weighted by molar-refractivity contribution is 8.14. The second kappa shape index (κ2) is 7.86. The van der Waals surface area contributed by atoms with Gasteiger partial charge < -0.3 is 4.74 Å². The Hall–Kier alpha value is -1.82. The van der Waals surface area contributed by atoms with Gasteiger partial charge in [-0.15, -0.1) is 11.3 Å². The lowest BCUT2D eigenvalue weighted by Crippen LogP contribution is -2.20. The van der Waals surface area contributed by atoms with Crippen LogP contribution in [0.4, 0.5) is 0 Å². The molecular weight excluding hydrogens is 527 g/mol. The van der Waals surface area contributed by atoms with Crippen LogP contribution in [-0.2, 0) is 25.6 Å². The molecule has 0 unspecified atom stereocenters. The first-order valence-corrected chi connectivity index (χ1v) is 14.8. The van der Waals surface area contributed by atoms with E-state index in [1.807, 2.05) is 11.9 Å². The normalized spacial score (nSPS) is 15.5. The van der Waals surface area contributed by atoms with Crippen molar-refractivity contribution in [1.82, 2.24) is 8.87 Å². The van der Waals surface area contributed by atoms with Crippen LogP contribution in [0, 0.1) is 6.92 Å². The second-order valence-corrected chi connectivity index (χ2v) is 13.9. The fourth-order valence-electron chi connectivity index (χ4n) is 4.15. The summed E-state index contributed by atoms with van der Waals surface area (Å²) in [7, 11) is -1.06. The minimum Gasteiger partial charge on any atom is -0.492 e. The number of hydrogen-bond acceptors (Lipinski definition) is 7. The molecule has 0 amide bonds. The quantitative estimate of drug-likeness (QED) is 0.344. The lowest BCUT2D eigenvalue weighted by atomic mass is 10.1. The molecule has 5 rings (SSSR count). The van der Waals surface area contributed by atoms with E-state index in [2.05, 4.69) is 0 Å². The van der Waals surface area contributed by atoms with Crippen LogP contribution in [0.1, 0.15) is 11.1 Å². The van der Waals surface area contributed by atoms with E-state index in [4.69, 9.17) is 27.0 Å². The SMILES string of the molecule is Cc1c(S(=O)(=O)n2c(S(=O)(=O)Cl)cc3c4c(ccc32)OCCN(C)C4)sc2ccc(Cl)cc12. The Bertz CT molecular complexity index is 1660. The summed E-state index contributed by atoms with van der Waals surface area (Å²) in [5.74, 6) is 0.590. The summed E-state index contributed by atoms with van der Waals surface area (Å²) in [6.07, 6.45) is 0. The van der Waals surface area contributed by atoms with Gasteiger partial charge in [0.25, 0.3) is 19.1 Å². The molecule has 0 spiro atoms. The summed E-state index contributed by atoms with van der Waals surface area (Å²) in [5.41, 5.74) is 1.43. The topological polar surface area (TPSA) is 85.7 Å². The maximum Gasteiger partial charge on any atom is 0.279 e. The Morgan fingerprint density at radius 3 is 2.55 bits per heavy atom. The molecule has 1 aliphatic heterocycles. The summed E-state index contributed by atoms with van der Waals surface area (Å²) in [6, 6.07) is 9.67. The molecule has 2 aromatic carbocycles. The summed E-state index contributed by atoms with van der Waals surface area (Å²) in [4.78, 5) is 2.02. The number of nitrogens with zero attached hydrogens (tertiary/aromatic N) is 2. The van der Waals surface area contributed by atoms with Crippen LogP contribution in [0.15, 0.2) is 45.6 Å². The first-order chi connectivity index (χ1) is 15.5. The number of ether oxygens (including phenoxy) is 1. The highest BCUT2D eigenvalue weighted by Crippen LogP contribution is 2.41. The minimum absolute atomic E-state index is 0.0298. The summed E-state index contributed by atoms with van der Waals surface area (Å²) in [5, 5.41) is 1.14. The van der Waals surface area contributed by atoms with Crippen molar-refractivity contribution in [3.63, 3.8) is 0 Å². The first-order valence-electron chi connectivity index (χ1n) is 9.86. The third kappa shape index (κ3) is 3.73. The molecule has 3 heterocycles. The fourth-order valence-corrected chi connectivity index (χ4v) is 9.13. The van der Waals surface area contributed by atoms with Crippen LogP contribution in [-0.4, -0.2) is 45.9 Å². The monoisotopic (exact) mass is 544 g/mol. The molecule has 12 heteroatoms. The molecule has 0 saturated carbocycles. The zero-order chi connectivity index (χ0) is 23.7. The van der Waals surface area contributed by atoms with Gasteiger partial charge in [-0.3, -0.25) is 4.90 Å². The fraction of sp³-hybridized carbons (Fsp3) is 0.238. The van der Waals surface area contributed by atoms with Crippen molar-refractivity contribution in [3.8, 4) is 5.75 Å². The Labute approximate surface area is 204 Å². The number of halogens is 2. The predicted octanol–water partition coefficient (Wildman–Crippen LogP) is 4.81. The molecule has 2 aromatic heterocycles. The van der Waals surface area contributed by atoms with Crippen LogP contribution in [0.25, 0.3) is 21.0 Å². The molecule has 0 fully saturated rings. The van der Waals surface area contributed by atoms with E-state index in [1.54, 1.807) is 37.3 Å². The van der Waals surface area contributed by atoms with E-state index in [9.17, 15) is 16.8 Å². The summed E-state index contributed by atoms with van der Waals surface area (Å²) in [6.45, 7) is 3.30. The van der Waals surface area contributed by atoms with Crippen LogP contribution < -0.4 is 4.74 Å². The van der Waals surface area contributed by atoms with Crippen molar-refractivity contribution in [3.05, 3.63) is 52.5 Å². The van der Waals surface area contributed by atoms with Crippen LogP contribution in [0.5, 0.6) is 5.75 Å². The van der Waals surface area contributed by atoms with Gasteiger partial charge in [0.1, 0.15) is 16.6 Å². The van der Waals surface area contributed by atoms with Crippen LogP contribution in [0.3, 0.4) is 0 Å². The average molecular weight is 545 g/mol. The highest BCUT2D eigenvalue weighted by atomic mass is 35.7. The van der Waals surface area contributed by atoms with Gasteiger partial charge in [-0.2, -0.15) is 8.42 Å².